The minimum atomic E-state index is 0.604. The van der Waals surface area contributed by atoms with Crippen LogP contribution in [0.2, 0.25) is 0 Å². The Kier molecular flexibility index (Phi) is 21.5. The molecule has 15 aromatic rings. The summed E-state index contributed by atoms with van der Waals surface area (Å²) in [4.78, 5) is 78.5. The second-order valence-electron chi connectivity index (χ2n) is 20.9. The summed E-state index contributed by atoms with van der Waals surface area (Å²) in [5.74, 6) is 9.02. The normalized spacial score (nSPS) is 10.4. The average molecular weight is 1240 g/mol. The van der Waals surface area contributed by atoms with Gasteiger partial charge in [0.15, 0.2) is 46.6 Å². The van der Waals surface area contributed by atoms with Crippen molar-refractivity contribution >= 4 is 0 Å². The molecule has 0 radical (unpaired) electrons. The fourth-order valence-corrected chi connectivity index (χ4v) is 9.37. The summed E-state index contributed by atoms with van der Waals surface area (Å²) in [6.45, 7) is 9.41. The summed E-state index contributed by atoms with van der Waals surface area (Å²) in [7, 11) is 0. The zero-order valence-corrected chi connectivity index (χ0v) is 52.7. The van der Waals surface area contributed by atoms with E-state index in [2.05, 4.69) is 102 Å². The minimum absolute atomic E-state index is 0.604. The molecule has 0 amide bonds. The van der Waals surface area contributed by atoms with Gasteiger partial charge in [0.25, 0.3) is 0 Å². The number of nitrogens with zero attached hydrogens (tertiary/aromatic N) is 18. The minimum Gasteiger partial charge on any atom is -0.265 e. The van der Waals surface area contributed by atoms with Crippen LogP contribution in [0.5, 0.6) is 0 Å². The van der Waals surface area contributed by atoms with E-state index in [1.54, 1.807) is 43.4 Å². The molecule has 6 aromatic carbocycles. The van der Waals surface area contributed by atoms with Crippen molar-refractivity contribution in [3.8, 4) is 114 Å². The molecule has 18 nitrogen and oxygen atoms in total. The van der Waals surface area contributed by atoms with Crippen molar-refractivity contribution in [1.82, 2.24) is 89.7 Å². The second-order valence-corrected chi connectivity index (χ2v) is 20.9. The fourth-order valence-electron chi connectivity index (χ4n) is 9.37. The van der Waals surface area contributed by atoms with Crippen molar-refractivity contribution in [3.05, 3.63) is 315 Å². The maximum Gasteiger partial charge on any atom is 0.182 e. The van der Waals surface area contributed by atoms with Gasteiger partial charge >= 0.3 is 0 Å². The number of hydrogen-bond donors (Lipinski definition) is 0. The highest BCUT2D eigenvalue weighted by Gasteiger charge is 2.13. The van der Waals surface area contributed by atoms with Crippen LogP contribution in [-0.4, -0.2) is 89.7 Å². The first-order valence-electron chi connectivity index (χ1n) is 30.4. The van der Waals surface area contributed by atoms with Crippen LogP contribution in [-0.2, 0) is 0 Å². The fraction of sp³-hybridized carbons (Fsp3) is 0.0649. The molecule has 9 heterocycles. The Hall–Kier alpha value is -13.0. The highest BCUT2D eigenvalue weighted by Crippen LogP contribution is 2.26. The molecule has 0 saturated carbocycles. The molecule has 0 aliphatic rings. The molecule has 95 heavy (non-hydrogen) atoms. The van der Waals surface area contributed by atoms with Crippen molar-refractivity contribution in [2.75, 3.05) is 0 Å². The summed E-state index contributed by atoms with van der Waals surface area (Å²) in [5.41, 5.74) is 11.6. The van der Waals surface area contributed by atoms with Gasteiger partial charge in [-0.05, 0) is 89.2 Å². The van der Waals surface area contributed by atoms with E-state index in [9.17, 15) is 0 Å². The molecule has 0 unspecified atom stereocenters. The molecule has 0 aliphatic heterocycles. The molecule has 15 rings (SSSR count). The van der Waals surface area contributed by atoms with E-state index in [0.29, 0.717) is 64.1 Å². The molecule has 0 N–H and O–H groups in total. The Labute approximate surface area is 550 Å². The Morgan fingerprint density at radius 3 is 0.789 bits per heavy atom. The first-order valence-corrected chi connectivity index (χ1v) is 30.4. The van der Waals surface area contributed by atoms with E-state index < -0.39 is 0 Å². The third kappa shape index (κ3) is 18.1. The SMILES string of the molecule is Cc1nc(-c2ccccc2)cc(-c2ccncc2)n1.Cc1nc(-c2ccccc2)nc(-c2ccccc2)n1.Cc1nc(-c2ccccc2)nc(-c2ccccn2)n1.Cc1nc(-c2ccccc2)nc(-c2cccnc2)n1.Cc1nc(-c2ccccc2)nc(-c2ccncc2)n1. The standard InChI is InChI=1S/2C16H13N3.3C15H12N4/c1-12-17-15(13-8-4-2-5-9-13)19-16(18-12)14-10-6-3-7-11-14;1-12-18-15(13-5-3-2-4-6-13)11-16(19-12)14-7-9-17-10-8-14;1-11-17-14(12-7-3-2-4-8-12)19-15(18-11)13-9-5-6-10-16-13;1-11-17-14(12-6-3-2-4-7-12)19-15(18-11)13-8-5-9-16-10-13;1-11-17-14(12-5-3-2-4-6-12)19-15(18-11)13-7-9-16-10-8-13/h2*2-11H,1H3;3*2-10H,1H3. The molecular weight excluding hydrogens is 1180 g/mol. The van der Waals surface area contributed by atoms with Gasteiger partial charge in [0, 0.05) is 93.4 Å². The maximum absolute atomic E-state index is 4.55. The monoisotopic (exact) mass is 1240 g/mol. The van der Waals surface area contributed by atoms with E-state index in [0.717, 1.165) is 78.8 Å². The molecule has 0 atom stereocenters. The molecule has 0 saturated heterocycles. The number of rotatable bonds is 10. The predicted octanol–water partition coefficient (Wildman–Crippen LogP) is 15.8. The lowest BCUT2D eigenvalue weighted by Gasteiger charge is -2.06. The molecular formula is C77H62N18. The summed E-state index contributed by atoms with van der Waals surface area (Å²) < 4.78 is 0. The lowest BCUT2D eigenvalue weighted by atomic mass is 10.1. The summed E-state index contributed by atoms with van der Waals surface area (Å²) in [6, 6.07) is 78.9. The Morgan fingerprint density at radius 1 is 0.179 bits per heavy atom. The van der Waals surface area contributed by atoms with Gasteiger partial charge in [-0.15, -0.1) is 0 Å². The van der Waals surface area contributed by atoms with Crippen LogP contribution in [0.4, 0.5) is 0 Å². The maximum atomic E-state index is 4.55. The van der Waals surface area contributed by atoms with Gasteiger partial charge in [-0.25, -0.2) is 69.8 Å². The molecule has 0 aliphatic carbocycles. The molecule has 9 aromatic heterocycles. The van der Waals surface area contributed by atoms with Crippen LogP contribution in [0.25, 0.3) is 114 Å². The lowest BCUT2D eigenvalue weighted by molar-refractivity contribution is 0.983. The zero-order valence-electron chi connectivity index (χ0n) is 52.7. The number of benzene rings is 6. The van der Waals surface area contributed by atoms with Gasteiger partial charge in [0.1, 0.15) is 34.8 Å². The topological polar surface area (TPSA) is 232 Å². The van der Waals surface area contributed by atoms with Gasteiger partial charge in [-0.3, -0.25) is 19.9 Å². The Bertz CT molecular complexity index is 3840. The van der Waals surface area contributed by atoms with Crippen molar-refractivity contribution in [2.24, 2.45) is 0 Å². The third-order valence-corrected chi connectivity index (χ3v) is 13.8. The quantitative estimate of drug-likeness (QED) is 0.124. The first kappa shape index (κ1) is 63.6. The summed E-state index contributed by atoms with van der Waals surface area (Å²) in [5, 5.41) is 0. The largest absolute Gasteiger partial charge is 0.265 e. The van der Waals surface area contributed by atoms with Gasteiger partial charge in [0.2, 0.25) is 0 Å². The first-order chi connectivity index (χ1) is 46.6. The smallest absolute Gasteiger partial charge is 0.182 e. The average Bonchev–Trinajstić information content (AvgIpc) is 1.37. The summed E-state index contributed by atoms with van der Waals surface area (Å²) in [6.07, 6.45) is 12.2. The molecule has 18 heteroatoms. The van der Waals surface area contributed by atoms with Crippen LogP contribution in [0, 0.1) is 34.6 Å². The number of aryl methyl sites for hydroxylation is 5. The second kappa shape index (κ2) is 32.2. The lowest BCUT2D eigenvalue weighted by Crippen LogP contribution is -2.00. The van der Waals surface area contributed by atoms with E-state index in [1.165, 1.54) is 0 Å². The van der Waals surface area contributed by atoms with Crippen LogP contribution >= 0.6 is 0 Å². The van der Waals surface area contributed by atoms with E-state index in [4.69, 9.17) is 0 Å². The molecule has 0 bridgehead atoms. The molecule has 0 fully saturated rings. The van der Waals surface area contributed by atoms with E-state index in [1.807, 2.05) is 265 Å². The Morgan fingerprint density at radius 2 is 0.453 bits per heavy atom. The van der Waals surface area contributed by atoms with E-state index in [-0.39, 0.29) is 0 Å². The Balaban J connectivity index is 0.000000121. The van der Waals surface area contributed by atoms with Crippen molar-refractivity contribution in [2.45, 2.75) is 34.6 Å². The van der Waals surface area contributed by atoms with Crippen molar-refractivity contribution in [1.29, 1.82) is 0 Å². The van der Waals surface area contributed by atoms with Gasteiger partial charge in [-0.1, -0.05) is 188 Å². The predicted molar refractivity (Wildman–Crippen MR) is 371 cm³/mol. The van der Waals surface area contributed by atoms with Gasteiger partial charge in [0.05, 0.1) is 11.4 Å². The van der Waals surface area contributed by atoms with Crippen molar-refractivity contribution < 1.29 is 0 Å². The summed E-state index contributed by atoms with van der Waals surface area (Å²) >= 11 is 0. The van der Waals surface area contributed by atoms with Crippen molar-refractivity contribution in [3.63, 3.8) is 0 Å². The highest BCUT2D eigenvalue weighted by molar-refractivity contribution is 5.68. The number of hydrogen-bond acceptors (Lipinski definition) is 18. The highest BCUT2D eigenvalue weighted by atomic mass is 15.1. The van der Waals surface area contributed by atoms with E-state index >= 15 is 0 Å². The third-order valence-electron chi connectivity index (χ3n) is 13.8. The van der Waals surface area contributed by atoms with Gasteiger partial charge in [-0.2, -0.15) is 0 Å². The van der Waals surface area contributed by atoms with Gasteiger partial charge < -0.3 is 0 Å². The van der Waals surface area contributed by atoms with Crippen LogP contribution in [0.3, 0.4) is 0 Å². The molecule has 0 spiro atoms. The number of pyridine rings is 4. The molecule has 460 valence electrons. The van der Waals surface area contributed by atoms with Crippen LogP contribution in [0.15, 0.2) is 286 Å². The van der Waals surface area contributed by atoms with Crippen LogP contribution < -0.4 is 0 Å². The number of aromatic nitrogens is 18. The zero-order chi connectivity index (χ0) is 65.4. The van der Waals surface area contributed by atoms with Crippen LogP contribution in [0.1, 0.15) is 29.1 Å².